The molecular weight excluding hydrogens is 352 g/mol. The van der Waals surface area contributed by atoms with Crippen LogP contribution in [0.15, 0.2) is 42.5 Å². The lowest BCUT2D eigenvalue weighted by Crippen LogP contribution is -2.24. The highest BCUT2D eigenvalue weighted by atomic mass is 32.2. The molecule has 2 N–H and O–H groups in total. The van der Waals surface area contributed by atoms with E-state index in [4.69, 9.17) is 4.74 Å². The van der Waals surface area contributed by atoms with E-state index in [9.17, 15) is 13.2 Å². The van der Waals surface area contributed by atoms with Crippen molar-refractivity contribution in [1.29, 1.82) is 0 Å². The molecule has 0 aliphatic rings. The summed E-state index contributed by atoms with van der Waals surface area (Å²) in [6.45, 7) is 4.57. The number of benzene rings is 2. The van der Waals surface area contributed by atoms with Gasteiger partial charge in [0.15, 0.2) is 0 Å². The van der Waals surface area contributed by atoms with E-state index in [0.717, 1.165) is 28.7 Å². The molecule has 0 radical (unpaired) electrons. The van der Waals surface area contributed by atoms with Crippen LogP contribution in [-0.4, -0.2) is 27.2 Å². The second-order valence-electron chi connectivity index (χ2n) is 6.22. The number of aryl methyl sites for hydroxylation is 2. The fourth-order valence-corrected chi connectivity index (χ4v) is 2.92. The standard InChI is InChI=1S/C19H24N2O4S/c1-14-7-8-15(2)18(11-14)25-10-9-19(22)20-13-16-5-4-6-17(12-16)21-26(3,23)24/h4-8,11-12,21H,9-10,13H2,1-3H3,(H,20,22). The van der Waals surface area contributed by atoms with Crippen LogP contribution >= 0.6 is 0 Å². The van der Waals surface area contributed by atoms with Crippen LogP contribution in [0.25, 0.3) is 0 Å². The minimum atomic E-state index is -3.32. The number of ether oxygens (including phenoxy) is 1. The van der Waals surface area contributed by atoms with Gasteiger partial charge in [0, 0.05) is 12.2 Å². The van der Waals surface area contributed by atoms with Crippen molar-refractivity contribution in [2.75, 3.05) is 17.6 Å². The van der Waals surface area contributed by atoms with Crippen LogP contribution in [-0.2, 0) is 21.4 Å². The van der Waals surface area contributed by atoms with Crippen molar-refractivity contribution in [2.24, 2.45) is 0 Å². The first kappa shape index (κ1) is 19.8. The van der Waals surface area contributed by atoms with E-state index >= 15 is 0 Å². The quantitative estimate of drug-likeness (QED) is 0.742. The Hall–Kier alpha value is -2.54. The van der Waals surface area contributed by atoms with Gasteiger partial charge in [0.2, 0.25) is 15.9 Å². The van der Waals surface area contributed by atoms with Crippen molar-refractivity contribution in [3.8, 4) is 5.75 Å². The molecule has 0 heterocycles. The Kier molecular flexibility index (Phi) is 6.63. The van der Waals surface area contributed by atoms with Crippen LogP contribution in [0.5, 0.6) is 5.75 Å². The predicted molar refractivity (Wildman–Crippen MR) is 103 cm³/mol. The summed E-state index contributed by atoms with van der Waals surface area (Å²) in [7, 11) is -3.32. The van der Waals surface area contributed by atoms with Crippen LogP contribution in [0.1, 0.15) is 23.1 Å². The van der Waals surface area contributed by atoms with Gasteiger partial charge in [-0.3, -0.25) is 9.52 Å². The van der Waals surface area contributed by atoms with Gasteiger partial charge in [-0.1, -0.05) is 24.3 Å². The Bertz CT molecular complexity index is 879. The lowest BCUT2D eigenvalue weighted by molar-refractivity contribution is -0.121. The van der Waals surface area contributed by atoms with Gasteiger partial charge in [0.1, 0.15) is 5.75 Å². The lowest BCUT2D eigenvalue weighted by atomic mass is 10.1. The molecule has 0 bridgehead atoms. The van der Waals surface area contributed by atoms with E-state index < -0.39 is 10.0 Å². The number of carbonyl (C=O) groups is 1. The molecule has 2 aromatic carbocycles. The van der Waals surface area contributed by atoms with Gasteiger partial charge in [-0.25, -0.2) is 8.42 Å². The largest absolute Gasteiger partial charge is 0.493 e. The second kappa shape index (κ2) is 8.71. The van der Waals surface area contributed by atoms with Gasteiger partial charge in [0.25, 0.3) is 0 Å². The van der Waals surface area contributed by atoms with Crippen LogP contribution in [0.2, 0.25) is 0 Å². The van der Waals surface area contributed by atoms with Crippen molar-refractivity contribution in [1.82, 2.24) is 5.32 Å². The Morgan fingerprint density at radius 3 is 2.62 bits per heavy atom. The summed E-state index contributed by atoms with van der Waals surface area (Å²) in [5.41, 5.74) is 3.42. The smallest absolute Gasteiger partial charge is 0.229 e. The molecule has 6 nitrogen and oxygen atoms in total. The molecule has 2 aromatic rings. The Labute approximate surface area is 154 Å². The van der Waals surface area contributed by atoms with Crippen LogP contribution < -0.4 is 14.8 Å². The minimum Gasteiger partial charge on any atom is -0.493 e. The fourth-order valence-electron chi connectivity index (χ4n) is 2.36. The molecule has 0 unspecified atom stereocenters. The van der Waals surface area contributed by atoms with Crippen molar-refractivity contribution < 1.29 is 17.9 Å². The minimum absolute atomic E-state index is 0.128. The maximum Gasteiger partial charge on any atom is 0.229 e. The molecule has 0 saturated carbocycles. The molecule has 140 valence electrons. The molecule has 1 amide bonds. The highest BCUT2D eigenvalue weighted by Gasteiger charge is 2.06. The molecule has 7 heteroatoms. The van der Waals surface area contributed by atoms with Gasteiger partial charge < -0.3 is 10.1 Å². The lowest BCUT2D eigenvalue weighted by Gasteiger charge is -2.11. The molecular formula is C19H24N2O4S. The average molecular weight is 376 g/mol. The summed E-state index contributed by atoms with van der Waals surface area (Å²) in [5.74, 6) is 0.661. The number of rotatable bonds is 8. The first-order valence-electron chi connectivity index (χ1n) is 8.26. The van der Waals surface area contributed by atoms with Crippen molar-refractivity contribution in [3.63, 3.8) is 0 Å². The number of carbonyl (C=O) groups excluding carboxylic acids is 1. The summed E-state index contributed by atoms with van der Waals surface area (Å²) in [4.78, 5) is 12.0. The Morgan fingerprint density at radius 2 is 1.88 bits per heavy atom. The molecule has 0 atom stereocenters. The summed E-state index contributed by atoms with van der Waals surface area (Å²) in [5, 5.41) is 2.81. The maximum atomic E-state index is 12.0. The molecule has 0 spiro atoms. The Morgan fingerprint density at radius 1 is 1.12 bits per heavy atom. The average Bonchev–Trinajstić information content (AvgIpc) is 2.55. The summed E-state index contributed by atoms with van der Waals surface area (Å²) >= 11 is 0. The number of hydrogen-bond acceptors (Lipinski definition) is 4. The zero-order valence-corrected chi connectivity index (χ0v) is 16.0. The van der Waals surface area contributed by atoms with E-state index in [1.807, 2.05) is 38.1 Å². The predicted octanol–water partition coefficient (Wildman–Crippen LogP) is 2.76. The third kappa shape index (κ3) is 6.76. The zero-order valence-electron chi connectivity index (χ0n) is 15.2. The highest BCUT2D eigenvalue weighted by Crippen LogP contribution is 2.19. The van der Waals surface area contributed by atoms with Crippen LogP contribution in [0.3, 0.4) is 0 Å². The summed E-state index contributed by atoms with van der Waals surface area (Å²) < 4.78 is 30.6. The monoisotopic (exact) mass is 376 g/mol. The van der Waals surface area contributed by atoms with Crippen molar-refractivity contribution >= 4 is 21.6 Å². The molecule has 0 aromatic heterocycles. The summed E-state index contributed by atoms with van der Waals surface area (Å²) in [6.07, 6.45) is 1.34. The number of nitrogens with one attached hydrogen (secondary N) is 2. The van der Waals surface area contributed by atoms with Gasteiger partial charge in [0.05, 0.1) is 19.3 Å². The summed E-state index contributed by atoms with van der Waals surface area (Å²) in [6, 6.07) is 12.9. The zero-order chi connectivity index (χ0) is 19.2. The van der Waals surface area contributed by atoms with Gasteiger partial charge in [-0.15, -0.1) is 0 Å². The normalized spacial score (nSPS) is 11.0. The van der Waals surface area contributed by atoms with E-state index in [0.29, 0.717) is 18.8 Å². The van der Waals surface area contributed by atoms with E-state index in [1.54, 1.807) is 18.2 Å². The molecule has 26 heavy (non-hydrogen) atoms. The molecule has 0 fully saturated rings. The third-order valence-electron chi connectivity index (χ3n) is 3.65. The van der Waals surface area contributed by atoms with Gasteiger partial charge in [-0.2, -0.15) is 0 Å². The number of hydrogen-bond donors (Lipinski definition) is 2. The molecule has 0 aliphatic carbocycles. The fraction of sp³-hybridized carbons (Fsp3) is 0.316. The van der Waals surface area contributed by atoms with Crippen molar-refractivity contribution in [3.05, 3.63) is 59.2 Å². The third-order valence-corrected chi connectivity index (χ3v) is 4.26. The topological polar surface area (TPSA) is 84.5 Å². The van der Waals surface area contributed by atoms with Gasteiger partial charge in [-0.05, 0) is 48.7 Å². The first-order chi connectivity index (χ1) is 12.2. The number of anilines is 1. The molecule has 2 rings (SSSR count). The van der Waals surface area contributed by atoms with Crippen LogP contribution in [0.4, 0.5) is 5.69 Å². The van der Waals surface area contributed by atoms with Crippen LogP contribution in [0, 0.1) is 13.8 Å². The van der Waals surface area contributed by atoms with E-state index in [2.05, 4.69) is 10.0 Å². The van der Waals surface area contributed by atoms with E-state index in [1.165, 1.54) is 0 Å². The Balaban J connectivity index is 1.80. The maximum absolute atomic E-state index is 12.0. The number of amides is 1. The second-order valence-corrected chi connectivity index (χ2v) is 7.97. The van der Waals surface area contributed by atoms with Crippen molar-refractivity contribution in [2.45, 2.75) is 26.8 Å². The van der Waals surface area contributed by atoms with Gasteiger partial charge >= 0.3 is 0 Å². The van der Waals surface area contributed by atoms with E-state index in [-0.39, 0.29) is 12.3 Å². The SMILES string of the molecule is Cc1ccc(C)c(OCCC(=O)NCc2cccc(NS(C)(=O)=O)c2)c1. The number of sulfonamides is 1. The molecule has 0 saturated heterocycles. The first-order valence-corrected chi connectivity index (χ1v) is 10.2. The highest BCUT2D eigenvalue weighted by molar-refractivity contribution is 7.92. The molecule has 0 aliphatic heterocycles.